The van der Waals surface area contributed by atoms with Crippen LogP contribution in [0.2, 0.25) is 0 Å². The highest BCUT2D eigenvalue weighted by Crippen LogP contribution is 2.43. The number of thioether (sulfide) groups is 1. The quantitative estimate of drug-likeness (QED) is 0.382. The van der Waals surface area contributed by atoms with Crippen molar-refractivity contribution in [2.45, 2.75) is 12.8 Å². The minimum absolute atomic E-state index is 0.0560. The highest BCUT2D eigenvalue weighted by atomic mass is 79.9. The number of allylic oxidation sites excluding steroid dienone is 1. The normalized spacial score (nSPS) is 17.4. The number of nitrogens with one attached hydrogen (secondary N) is 2. The Balaban J connectivity index is 1.93. The molecule has 2 aromatic rings. The molecule has 3 rings (SSSR count). The van der Waals surface area contributed by atoms with Gasteiger partial charge in [0.05, 0.1) is 36.1 Å². The van der Waals surface area contributed by atoms with Crippen LogP contribution in [0.15, 0.2) is 63.6 Å². The Hall–Kier alpha value is -3.29. The van der Waals surface area contributed by atoms with Gasteiger partial charge in [-0.05, 0) is 37.3 Å². The number of carbonyl (C=O) groups is 3. The summed E-state index contributed by atoms with van der Waals surface area (Å²) in [5.41, 5.74) is 1.28. The molecule has 2 unspecified atom stereocenters. The summed E-state index contributed by atoms with van der Waals surface area (Å²) in [6.07, 6.45) is 0. The van der Waals surface area contributed by atoms with Crippen LogP contribution in [0.1, 0.15) is 18.4 Å². The number of hydrogen-bond acceptors (Lipinski definition) is 7. The maximum absolute atomic E-state index is 13.0. The molecule has 2 amide bonds. The molecule has 0 saturated heterocycles. The zero-order valence-electron chi connectivity index (χ0n) is 18.5. The monoisotopic (exact) mass is 543 g/mol. The molecular weight excluding hydrogens is 522 g/mol. The molecule has 0 bridgehead atoms. The summed E-state index contributed by atoms with van der Waals surface area (Å²) in [7, 11) is 1.47. The van der Waals surface area contributed by atoms with Gasteiger partial charge in [0.15, 0.2) is 0 Å². The molecule has 2 atom stereocenters. The standard InChI is InChI=1S/C24H22BrN3O5S/c1-3-33-24(31)21-20(16-6-4-5-7-18(16)32-2)17(12-26)23(28-22(21)30)34-13-19(29)27-15-10-8-14(25)9-11-15/h4-11,20-21H,3,13H2,1-2H3,(H,27,29)(H,28,30). The second-order valence-electron chi connectivity index (χ2n) is 7.14. The van der Waals surface area contributed by atoms with E-state index in [1.165, 1.54) is 7.11 Å². The van der Waals surface area contributed by atoms with E-state index < -0.39 is 23.7 Å². The number of esters is 1. The lowest BCUT2D eigenvalue weighted by Crippen LogP contribution is -2.44. The van der Waals surface area contributed by atoms with Crippen LogP contribution in [0.3, 0.4) is 0 Å². The molecule has 10 heteroatoms. The van der Waals surface area contributed by atoms with Crippen LogP contribution in [0, 0.1) is 17.2 Å². The molecule has 8 nitrogen and oxygen atoms in total. The predicted molar refractivity (Wildman–Crippen MR) is 132 cm³/mol. The third-order valence-electron chi connectivity index (χ3n) is 5.02. The number of methoxy groups -OCH3 is 1. The highest BCUT2D eigenvalue weighted by Gasteiger charge is 2.45. The molecule has 34 heavy (non-hydrogen) atoms. The fraction of sp³-hybridized carbons (Fsp3) is 0.250. The number of amides is 2. The van der Waals surface area contributed by atoms with Gasteiger partial charge in [0.25, 0.3) is 0 Å². The molecule has 1 aliphatic heterocycles. The Morgan fingerprint density at radius 1 is 1.21 bits per heavy atom. The van der Waals surface area contributed by atoms with Gasteiger partial charge in [0.2, 0.25) is 11.8 Å². The van der Waals surface area contributed by atoms with E-state index >= 15 is 0 Å². The van der Waals surface area contributed by atoms with E-state index in [1.807, 2.05) is 0 Å². The van der Waals surface area contributed by atoms with E-state index in [0.717, 1.165) is 16.2 Å². The van der Waals surface area contributed by atoms with Gasteiger partial charge in [-0.2, -0.15) is 5.26 Å². The second kappa shape index (κ2) is 11.7. The maximum Gasteiger partial charge on any atom is 0.319 e. The first-order chi connectivity index (χ1) is 16.4. The Morgan fingerprint density at radius 2 is 1.91 bits per heavy atom. The highest BCUT2D eigenvalue weighted by molar-refractivity contribution is 9.10. The topological polar surface area (TPSA) is 118 Å². The van der Waals surface area contributed by atoms with Gasteiger partial charge in [-0.25, -0.2) is 0 Å². The van der Waals surface area contributed by atoms with E-state index in [4.69, 9.17) is 9.47 Å². The molecule has 0 aliphatic carbocycles. The minimum Gasteiger partial charge on any atom is -0.496 e. The van der Waals surface area contributed by atoms with Gasteiger partial charge in [-0.15, -0.1) is 0 Å². The van der Waals surface area contributed by atoms with E-state index in [9.17, 15) is 19.6 Å². The average molecular weight is 544 g/mol. The van der Waals surface area contributed by atoms with Gasteiger partial charge in [0.1, 0.15) is 11.7 Å². The first kappa shape index (κ1) is 25.3. The van der Waals surface area contributed by atoms with Crippen LogP contribution in [-0.2, 0) is 19.1 Å². The summed E-state index contributed by atoms with van der Waals surface area (Å²) in [5.74, 6) is -3.48. The number of rotatable bonds is 8. The molecule has 0 spiro atoms. The molecule has 0 aromatic heterocycles. The number of nitriles is 1. The zero-order valence-corrected chi connectivity index (χ0v) is 20.9. The number of carbonyl (C=O) groups excluding carboxylic acids is 3. The van der Waals surface area contributed by atoms with Crippen molar-refractivity contribution in [3.63, 3.8) is 0 Å². The third kappa shape index (κ3) is 5.79. The Kier molecular flexibility index (Phi) is 8.73. The molecule has 176 valence electrons. The largest absolute Gasteiger partial charge is 0.496 e. The van der Waals surface area contributed by atoms with Crippen LogP contribution < -0.4 is 15.4 Å². The summed E-state index contributed by atoms with van der Waals surface area (Å²) >= 11 is 4.35. The number of ether oxygens (including phenoxy) is 2. The number of halogens is 1. The van der Waals surface area contributed by atoms with Crippen LogP contribution in [0.5, 0.6) is 5.75 Å². The average Bonchev–Trinajstić information content (AvgIpc) is 2.83. The minimum atomic E-state index is -1.27. The molecule has 0 radical (unpaired) electrons. The molecule has 1 heterocycles. The smallest absolute Gasteiger partial charge is 0.319 e. The van der Waals surface area contributed by atoms with Gasteiger partial charge in [-0.3, -0.25) is 14.4 Å². The fourth-order valence-corrected chi connectivity index (χ4v) is 4.66. The molecule has 2 N–H and O–H groups in total. The van der Waals surface area contributed by atoms with E-state index in [2.05, 4.69) is 32.6 Å². The maximum atomic E-state index is 13.0. The summed E-state index contributed by atoms with van der Waals surface area (Å²) in [5, 5.41) is 15.6. The van der Waals surface area contributed by atoms with Crippen molar-refractivity contribution in [3.05, 3.63) is 69.2 Å². The number of anilines is 1. The van der Waals surface area contributed by atoms with Crippen molar-refractivity contribution in [2.75, 3.05) is 24.8 Å². The van der Waals surface area contributed by atoms with Crippen molar-refractivity contribution >= 4 is 51.2 Å². The van der Waals surface area contributed by atoms with Gasteiger partial charge in [0, 0.05) is 21.6 Å². The number of hydrogen-bond donors (Lipinski definition) is 2. The van der Waals surface area contributed by atoms with E-state index in [-0.39, 0.29) is 28.9 Å². The number of para-hydroxylation sites is 1. The fourth-order valence-electron chi connectivity index (χ4n) is 3.55. The van der Waals surface area contributed by atoms with Crippen LogP contribution >= 0.6 is 27.7 Å². The molecular formula is C24H22BrN3O5S. The van der Waals surface area contributed by atoms with Gasteiger partial charge >= 0.3 is 5.97 Å². The number of benzene rings is 2. The van der Waals surface area contributed by atoms with Gasteiger partial charge < -0.3 is 20.1 Å². The lowest BCUT2D eigenvalue weighted by Gasteiger charge is -2.31. The lowest BCUT2D eigenvalue weighted by molar-refractivity contribution is -0.152. The Bertz CT molecular complexity index is 1160. The summed E-state index contributed by atoms with van der Waals surface area (Å²) in [6, 6.07) is 16.1. The van der Waals surface area contributed by atoms with Gasteiger partial charge in [-0.1, -0.05) is 45.9 Å². The summed E-state index contributed by atoms with van der Waals surface area (Å²) in [4.78, 5) is 38.2. The predicted octanol–water partition coefficient (Wildman–Crippen LogP) is 3.96. The zero-order chi connectivity index (χ0) is 24.7. The van der Waals surface area contributed by atoms with E-state index in [1.54, 1.807) is 55.5 Å². The van der Waals surface area contributed by atoms with Crippen molar-refractivity contribution in [3.8, 4) is 11.8 Å². The molecule has 2 aromatic carbocycles. The molecule has 0 saturated carbocycles. The molecule has 0 fully saturated rings. The summed E-state index contributed by atoms with van der Waals surface area (Å²) in [6.45, 7) is 1.73. The van der Waals surface area contributed by atoms with Crippen molar-refractivity contribution in [2.24, 2.45) is 5.92 Å². The van der Waals surface area contributed by atoms with Crippen LogP contribution in [0.25, 0.3) is 0 Å². The Morgan fingerprint density at radius 3 is 2.56 bits per heavy atom. The SMILES string of the molecule is CCOC(=O)C1C(=O)NC(SCC(=O)Nc2ccc(Br)cc2)=C(C#N)C1c1ccccc1OC. The van der Waals surface area contributed by atoms with Crippen molar-refractivity contribution < 1.29 is 23.9 Å². The van der Waals surface area contributed by atoms with E-state index in [0.29, 0.717) is 17.0 Å². The molecule has 1 aliphatic rings. The first-order valence-corrected chi connectivity index (χ1v) is 12.1. The first-order valence-electron chi connectivity index (χ1n) is 10.3. The van der Waals surface area contributed by atoms with Crippen molar-refractivity contribution in [1.29, 1.82) is 5.26 Å². The summed E-state index contributed by atoms with van der Waals surface area (Å²) < 4.78 is 11.4. The third-order valence-corrected chi connectivity index (χ3v) is 6.56. The second-order valence-corrected chi connectivity index (χ2v) is 9.04. The lowest BCUT2D eigenvalue weighted by atomic mass is 9.78. The number of nitrogens with zero attached hydrogens (tertiary/aromatic N) is 1. The van der Waals surface area contributed by atoms with Crippen LogP contribution in [-0.4, -0.2) is 37.3 Å². The van der Waals surface area contributed by atoms with Crippen molar-refractivity contribution in [1.82, 2.24) is 5.32 Å². The van der Waals surface area contributed by atoms with Crippen LogP contribution in [0.4, 0.5) is 5.69 Å². The Labute approximate surface area is 209 Å².